The van der Waals surface area contributed by atoms with Gasteiger partial charge in [-0.15, -0.1) is 10.2 Å². The number of anilines is 1. The van der Waals surface area contributed by atoms with Crippen LogP contribution in [0.3, 0.4) is 0 Å². The molecule has 5 nitrogen and oxygen atoms in total. The second-order valence-electron chi connectivity index (χ2n) is 6.83. The van der Waals surface area contributed by atoms with Crippen LogP contribution >= 0.6 is 11.3 Å². The first-order chi connectivity index (χ1) is 12.2. The molecule has 0 atom stereocenters. The van der Waals surface area contributed by atoms with Gasteiger partial charge in [0.2, 0.25) is 11.0 Å². The van der Waals surface area contributed by atoms with Crippen molar-refractivity contribution in [1.29, 1.82) is 0 Å². The van der Waals surface area contributed by atoms with Crippen molar-refractivity contribution in [3.8, 4) is 0 Å². The number of nitrogens with zero attached hydrogens (tertiary/aromatic N) is 3. The van der Waals surface area contributed by atoms with Crippen LogP contribution in [-0.4, -0.2) is 35.2 Å². The van der Waals surface area contributed by atoms with E-state index >= 15 is 0 Å². The lowest BCUT2D eigenvalue weighted by molar-refractivity contribution is -0.123. The predicted molar refractivity (Wildman–Crippen MR) is 95.2 cm³/mol. The Hall–Kier alpha value is -2.02. The second kappa shape index (κ2) is 7.07. The van der Waals surface area contributed by atoms with E-state index in [1.54, 1.807) is 23.5 Å². The van der Waals surface area contributed by atoms with Crippen LogP contribution in [0.1, 0.15) is 36.3 Å². The number of nitrogens with one attached hydrogen (secondary N) is 1. The summed E-state index contributed by atoms with van der Waals surface area (Å²) in [5, 5.41) is 13.6. The summed E-state index contributed by atoms with van der Waals surface area (Å²) in [6.45, 7) is 1.78. The second-order valence-corrected chi connectivity index (χ2v) is 7.87. The summed E-state index contributed by atoms with van der Waals surface area (Å²) in [4.78, 5) is 14.1. The van der Waals surface area contributed by atoms with Crippen LogP contribution in [0.2, 0.25) is 0 Å². The molecule has 1 aromatic heterocycles. The number of hydrogen-bond donors (Lipinski definition) is 1. The summed E-state index contributed by atoms with van der Waals surface area (Å²) in [6.07, 6.45) is 4.67. The van der Waals surface area contributed by atoms with Gasteiger partial charge in [0.1, 0.15) is 10.8 Å². The lowest BCUT2D eigenvalue weighted by Gasteiger charge is -2.31. The Balaban J connectivity index is 1.30. The fourth-order valence-corrected chi connectivity index (χ4v) is 4.03. The molecule has 2 aromatic rings. The summed E-state index contributed by atoms with van der Waals surface area (Å²) in [7, 11) is 0. The fourth-order valence-electron chi connectivity index (χ4n) is 3.10. The number of aromatic nitrogens is 2. The highest BCUT2D eigenvalue weighted by Gasteiger charge is 2.32. The van der Waals surface area contributed by atoms with Crippen molar-refractivity contribution in [3.05, 3.63) is 40.7 Å². The van der Waals surface area contributed by atoms with Gasteiger partial charge in [0.25, 0.3) is 0 Å². The molecule has 2 aliphatic rings. The first-order valence-corrected chi connectivity index (χ1v) is 9.61. The maximum absolute atomic E-state index is 13.0. The molecule has 2 fully saturated rings. The van der Waals surface area contributed by atoms with Gasteiger partial charge in [-0.3, -0.25) is 4.79 Å². The minimum Gasteiger partial charge on any atom is -0.353 e. The van der Waals surface area contributed by atoms with Gasteiger partial charge >= 0.3 is 0 Å². The third kappa shape index (κ3) is 4.15. The molecule has 0 bridgehead atoms. The summed E-state index contributed by atoms with van der Waals surface area (Å²) < 4.78 is 13.0. The molecule has 132 valence electrons. The standard InChI is InChI=1S/C18H21FN4OS/c19-14-5-1-12(2-6-14)11-16-21-22-18(25-16)23-9-7-15(8-10-23)20-17(24)13-3-4-13/h1-2,5-6,13,15H,3-4,7-11H2,(H,20,24). The molecule has 7 heteroatoms. The molecule has 1 aromatic carbocycles. The molecular formula is C18H21FN4OS. The largest absolute Gasteiger partial charge is 0.353 e. The van der Waals surface area contributed by atoms with Gasteiger partial charge in [0.15, 0.2) is 0 Å². The maximum atomic E-state index is 13.0. The molecule has 4 rings (SSSR count). The van der Waals surface area contributed by atoms with E-state index < -0.39 is 0 Å². The molecule has 0 unspecified atom stereocenters. The summed E-state index contributed by atoms with van der Waals surface area (Å²) >= 11 is 1.59. The Morgan fingerprint density at radius 1 is 1.16 bits per heavy atom. The molecule has 1 saturated carbocycles. The Morgan fingerprint density at radius 2 is 1.88 bits per heavy atom. The van der Waals surface area contributed by atoms with Gasteiger partial charge in [-0.1, -0.05) is 23.5 Å². The third-order valence-electron chi connectivity index (χ3n) is 4.78. The van der Waals surface area contributed by atoms with Gasteiger partial charge in [0.05, 0.1) is 0 Å². The number of benzene rings is 1. The predicted octanol–water partition coefficient (Wildman–Crippen LogP) is 2.76. The van der Waals surface area contributed by atoms with Crippen LogP contribution in [0.15, 0.2) is 24.3 Å². The zero-order chi connectivity index (χ0) is 17.2. The van der Waals surface area contributed by atoms with Crippen molar-refractivity contribution in [2.24, 2.45) is 5.92 Å². The molecule has 25 heavy (non-hydrogen) atoms. The van der Waals surface area contributed by atoms with Crippen LogP contribution in [0.25, 0.3) is 0 Å². The van der Waals surface area contributed by atoms with Gasteiger partial charge in [-0.2, -0.15) is 0 Å². The minimum atomic E-state index is -0.224. The maximum Gasteiger partial charge on any atom is 0.223 e. The summed E-state index contributed by atoms with van der Waals surface area (Å²) in [5.74, 6) is 0.282. The summed E-state index contributed by atoms with van der Waals surface area (Å²) in [6, 6.07) is 6.79. The van der Waals surface area contributed by atoms with Crippen molar-refractivity contribution in [3.63, 3.8) is 0 Å². The SMILES string of the molecule is O=C(NC1CCN(c2nnc(Cc3ccc(F)cc3)s2)CC1)C1CC1. The van der Waals surface area contributed by atoms with Crippen molar-refractivity contribution < 1.29 is 9.18 Å². The number of carbonyl (C=O) groups excluding carboxylic acids is 1. The highest BCUT2D eigenvalue weighted by molar-refractivity contribution is 7.15. The number of piperidine rings is 1. The number of hydrogen-bond acceptors (Lipinski definition) is 5. The lowest BCUT2D eigenvalue weighted by atomic mass is 10.1. The van der Waals surface area contributed by atoms with Crippen molar-refractivity contribution in [1.82, 2.24) is 15.5 Å². The van der Waals surface area contributed by atoms with Crippen molar-refractivity contribution in [2.75, 3.05) is 18.0 Å². The zero-order valence-electron chi connectivity index (χ0n) is 13.9. The molecule has 0 spiro atoms. The van der Waals surface area contributed by atoms with Gasteiger partial charge in [-0.25, -0.2) is 4.39 Å². The smallest absolute Gasteiger partial charge is 0.223 e. The monoisotopic (exact) mass is 360 g/mol. The minimum absolute atomic E-state index is 0.224. The molecule has 2 heterocycles. The zero-order valence-corrected chi connectivity index (χ0v) is 14.8. The van der Waals surface area contributed by atoms with Crippen molar-refractivity contribution >= 4 is 22.4 Å². The van der Waals surface area contributed by atoms with E-state index in [1.807, 2.05) is 0 Å². The summed E-state index contributed by atoms with van der Waals surface area (Å²) in [5.41, 5.74) is 1.03. The number of rotatable bonds is 5. The van der Waals surface area contributed by atoms with Crippen LogP contribution < -0.4 is 10.2 Å². The molecule has 0 radical (unpaired) electrons. The quantitative estimate of drug-likeness (QED) is 0.891. The number of carbonyl (C=O) groups is 1. The van der Waals surface area contributed by atoms with Crippen molar-refractivity contribution in [2.45, 2.75) is 38.1 Å². The van der Waals surface area contributed by atoms with E-state index in [9.17, 15) is 9.18 Å². The first kappa shape index (κ1) is 16.4. The Labute approximate surface area is 150 Å². The average molecular weight is 360 g/mol. The van der Waals surface area contributed by atoms with Gasteiger partial charge in [-0.05, 0) is 43.4 Å². The molecule has 1 amide bonds. The van der Waals surface area contributed by atoms with E-state index in [0.29, 0.717) is 6.42 Å². The highest BCUT2D eigenvalue weighted by Crippen LogP contribution is 2.30. The number of amides is 1. The van der Waals surface area contributed by atoms with E-state index in [0.717, 1.165) is 54.5 Å². The molecular weight excluding hydrogens is 339 g/mol. The van der Waals surface area contributed by atoms with E-state index in [1.165, 1.54) is 12.1 Å². The van der Waals surface area contributed by atoms with Crippen LogP contribution in [0.4, 0.5) is 9.52 Å². The van der Waals surface area contributed by atoms with Crippen LogP contribution in [0, 0.1) is 11.7 Å². The lowest BCUT2D eigenvalue weighted by Crippen LogP contribution is -2.45. The topological polar surface area (TPSA) is 58.1 Å². The Bertz CT molecular complexity index is 736. The van der Waals surface area contributed by atoms with Gasteiger partial charge < -0.3 is 10.2 Å². The molecule has 1 N–H and O–H groups in total. The fraction of sp³-hybridized carbons (Fsp3) is 0.500. The van der Waals surface area contributed by atoms with E-state index in [-0.39, 0.29) is 23.7 Å². The molecule has 1 saturated heterocycles. The Kier molecular flexibility index (Phi) is 4.65. The number of halogens is 1. The van der Waals surface area contributed by atoms with Gasteiger partial charge in [0, 0.05) is 31.5 Å². The van der Waals surface area contributed by atoms with Crippen LogP contribution in [0.5, 0.6) is 0 Å². The normalized spacial score (nSPS) is 18.4. The molecule has 1 aliphatic carbocycles. The van der Waals surface area contributed by atoms with Crippen LogP contribution in [-0.2, 0) is 11.2 Å². The third-order valence-corrected chi connectivity index (χ3v) is 5.77. The highest BCUT2D eigenvalue weighted by atomic mass is 32.1. The first-order valence-electron chi connectivity index (χ1n) is 8.79. The van der Waals surface area contributed by atoms with E-state index in [2.05, 4.69) is 20.4 Å². The molecule has 1 aliphatic heterocycles. The van der Waals surface area contributed by atoms with E-state index in [4.69, 9.17) is 0 Å². The average Bonchev–Trinajstić information content (AvgIpc) is 3.38. The Morgan fingerprint density at radius 3 is 2.56 bits per heavy atom.